The third-order valence-corrected chi connectivity index (χ3v) is 5.91. The number of nitrogens with zero attached hydrogens (tertiary/aromatic N) is 1. The fourth-order valence-corrected chi connectivity index (χ4v) is 4.07. The second kappa shape index (κ2) is 12.3. The molecule has 4 N–H and O–H groups in total. The van der Waals surface area contributed by atoms with Gasteiger partial charge in [0.1, 0.15) is 11.6 Å². The van der Waals surface area contributed by atoms with Crippen LogP contribution in [0.15, 0.2) is 54.6 Å². The Morgan fingerprint density at radius 3 is 2.30 bits per heavy atom. The van der Waals surface area contributed by atoms with Crippen molar-refractivity contribution in [2.75, 3.05) is 17.7 Å². The standard InChI is InChI=1S/C24H28N4O2.C2HF3O2/c1-16-14-23(28-22-9-4-3-8-21(16)22)25-17-10-12-18(13-11-17)26-24(29)27-19-6-5-7-20(15-19)30-2;3-2(4,5)1(6)7/h3-9,14-15,17-18H,10-13H2,1-2H3,(H,25,28)(H2,26,27,29);(H,6,7). The summed E-state index contributed by atoms with van der Waals surface area (Å²) < 4.78 is 36.9. The third kappa shape index (κ3) is 8.26. The Bertz CT molecular complexity index is 1230. The van der Waals surface area contributed by atoms with Crippen LogP contribution in [0.1, 0.15) is 31.2 Å². The second-order valence-electron chi connectivity index (χ2n) is 8.67. The van der Waals surface area contributed by atoms with Gasteiger partial charge in [0, 0.05) is 29.2 Å². The van der Waals surface area contributed by atoms with Crippen molar-refractivity contribution in [3.63, 3.8) is 0 Å². The first-order chi connectivity index (χ1) is 17.5. The number of ether oxygens (including phenoxy) is 1. The van der Waals surface area contributed by atoms with Gasteiger partial charge < -0.3 is 25.8 Å². The lowest BCUT2D eigenvalue weighted by atomic mass is 9.91. The number of amides is 2. The van der Waals surface area contributed by atoms with Crippen LogP contribution in [0.2, 0.25) is 0 Å². The van der Waals surface area contributed by atoms with Crippen molar-refractivity contribution in [1.29, 1.82) is 0 Å². The number of fused-ring (bicyclic) bond motifs is 1. The number of aryl methyl sites for hydroxylation is 1. The van der Waals surface area contributed by atoms with Crippen LogP contribution in [0.5, 0.6) is 5.75 Å². The van der Waals surface area contributed by atoms with E-state index in [1.807, 2.05) is 30.3 Å². The van der Waals surface area contributed by atoms with E-state index in [1.54, 1.807) is 13.2 Å². The molecule has 0 unspecified atom stereocenters. The average molecular weight is 519 g/mol. The van der Waals surface area contributed by atoms with Gasteiger partial charge in [-0.2, -0.15) is 13.2 Å². The predicted molar refractivity (Wildman–Crippen MR) is 135 cm³/mol. The highest BCUT2D eigenvalue weighted by Crippen LogP contribution is 2.25. The number of urea groups is 1. The largest absolute Gasteiger partial charge is 0.497 e. The Kier molecular flexibility index (Phi) is 9.15. The highest BCUT2D eigenvalue weighted by molar-refractivity contribution is 5.89. The summed E-state index contributed by atoms with van der Waals surface area (Å²) in [5, 5.41) is 17.9. The average Bonchev–Trinajstić information content (AvgIpc) is 2.85. The molecule has 0 atom stereocenters. The molecule has 0 radical (unpaired) electrons. The van der Waals surface area contributed by atoms with Gasteiger partial charge in [0.25, 0.3) is 0 Å². The summed E-state index contributed by atoms with van der Waals surface area (Å²) in [6.45, 7) is 2.12. The number of carboxylic acid groups (broad SMARTS) is 1. The summed E-state index contributed by atoms with van der Waals surface area (Å²) in [5.74, 6) is -1.11. The summed E-state index contributed by atoms with van der Waals surface area (Å²) in [6, 6.07) is 18.1. The minimum Gasteiger partial charge on any atom is -0.497 e. The maximum absolute atomic E-state index is 12.3. The number of alkyl halides is 3. The van der Waals surface area contributed by atoms with Crippen LogP contribution in [-0.4, -0.2) is 47.5 Å². The van der Waals surface area contributed by atoms with Crippen molar-refractivity contribution in [2.24, 2.45) is 0 Å². The number of methoxy groups -OCH3 is 1. The van der Waals surface area contributed by atoms with Crippen molar-refractivity contribution in [3.8, 4) is 5.75 Å². The first-order valence-electron chi connectivity index (χ1n) is 11.7. The first kappa shape index (κ1) is 27.6. The number of halogens is 3. The number of carbonyl (C=O) groups excluding carboxylic acids is 1. The summed E-state index contributed by atoms with van der Waals surface area (Å²) in [7, 11) is 1.61. The molecule has 1 aliphatic carbocycles. The van der Waals surface area contributed by atoms with Crippen LogP contribution < -0.4 is 20.7 Å². The van der Waals surface area contributed by atoms with Crippen LogP contribution in [0.3, 0.4) is 0 Å². The monoisotopic (exact) mass is 518 g/mol. The summed E-state index contributed by atoms with van der Waals surface area (Å²) in [5.41, 5.74) is 2.97. The van der Waals surface area contributed by atoms with Crippen LogP contribution in [0.25, 0.3) is 10.9 Å². The van der Waals surface area contributed by atoms with E-state index >= 15 is 0 Å². The lowest BCUT2D eigenvalue weighted by Crippen LogP contribution is -2.42. The van der Waals surface area contributed by atoms with Crippen LogP contribution in [0.4, 0.5) is 29.5 Å². The molecule has 0 saturated heterocycles. The number of nitrogens with one attached hydrogen (secondary N) is 3. The number of rotatable bonds is 5. The fraction of sp³-hybridized carbons (Fsp3) is 0.346. The minimum atomic E-state index is -5.08. The molecule has 1 heterocycles. The van der Waals surface area contributed by atoms with E-state index in [0.29, 0.717) is 6.04 Å². The number of aliphatic carboxylic acids is 1. The lowest BCUT2D eigenvalue weighted by molar-refractivity contribution is -0.192. The second-order valence-corrected chi connectivity index (χ2v) is 8.67. The molecule has 4 rings (SSSR count). The van der Waals surface area contributed by atoms with Crippen molar-refractivity contribution < 1.29 is 32.6 Å². The van der Waals surface area contributed by atoms with Gasteiger partial charge in [0.05, 0.1) is 12.6 Å². The van der Waals surface area contributed by atoms with Crippen LogP contribution >= 0.6 is 0 Å². The van der Waals surface area contributed by atoms with Crippen molar-refractivity contribution in [3.05, 3.63) is 60.2 Å². The molecule has 0 aliphatic heterocycles. The quantitative estimate of drug-likeness (QED) is 0.343. The zero-order chi connectivity index (χ0) is 27.0. The Morgan fingerprint density at radius 1 is 1.00 bits per heavy atom. The third-order valence-electron chi connectivity index (χ3n) is 5.91. The molecule has 3 aromatic rings. The number of carboxylic acids is 1. The van der Waals surface area contributed by atoms with Crippen molar-refractivity contribution in [1.82, 2.24) is 10.3 Å². The Labute approximate surface area is 212 Å². The van der Waals surface area contributed by atoms with Gasteiger partial charge in [-0.25, -0.2) is 14.6 Å². The molecule has 1 aromatic heterocycles. The predicted octanol–water partition coefficient (Wildman–Crippen LogP) is 5.73. The van der Waals surface area contributed by atoms with Gasteiger partial charge >= 0.3 is 18.2 Å². The molecule has 198 valence electrons. The number of hydrogen-bond donors (Lipinski definition) is 4. The minimum absolute atomic E-state index is 0.175. The maximum atomic E-state index is 12.3. The number of aromatic nitrogens is 1. The molecule has 1 fully saturated rings. The summed E-state index contributed by atoms with van der Waals surface area (Å²) in [4.78, 5) is 26.0. The van der Waals surface area contributed by atoms with Gasteiger partial charge in [-0.05, 0) is 62.4 Å². The van der Waals surface area contributed by atoms with E-state index in [0.717, 1.165) is 48.5 Å². The fourth-order valence-electron chi connectivity index (χ4n) is 4.07. The molecule has 1 saturated carbocycles. The zero-order valence-corrected chi connectivity index (χ0v) is 20.4. The first-order valence-corrected chi connectivity index (χ1v) is 11.7. The van der Waals surface area contributed by atoms with Crippen LogP contribution in [-0.2, 0) is 4.79 Å². The number of hydrogen-bond acceptors (Lipinski definition) is 5. The molecule has 1 aliphatic rings. The summed E-state index contributed by atoms with van der Waals surface area (Å²) >= 11 is 0. The van der Waals surface area contributed by atoms with E-state index in [9.17, 15) is 18.0 Å². The van der Waals surface area contributed by atoms with Gasteiger partial charge in [0.2, 0.25) is 0 Å². The van der Waals surface area contributed by atoms with E-state index in [-0.39, 0.29) is 12.1 Å². The molecular formula is C26H29F3N4O4. The van der Waals surface area contributed by atoms with Gasteiger partial charge in [0.15, 0.2) is 0 Å². The Hall–Kier alpha value is -4.02. The molecule has 2 amide bonds. The molecule has 0 spiro atoms. The summed E-state index contributed by atoms with van der Waals surface area (Å²) in [6.07, 6.45) is -1.21. The van der Waals surface area contributed by atoms with E-state index < -0.39 is 12.1 Å². The van der Waals surface area contributed by atoms with Crippen molar-refractivity contribution in [2.45, 2.75) is 50.9 Å². The molecule has 37 heavy (non-hydrogen) atoms. The molecule has 2 aromatic carbocycles. The number of carbonyl (C=O) groups is 2. The van der Waals surface area contributed by atoms with E-state index in [2.05, 4.69) is 41.1 Å². The highest BCUT2D eigenvalue weighted by Gasteiger charge is 2.38. The normalized spacial score (nSPS) is 17.2. The number of para-hydroxylation sites is 1. The topological polar surface area (TPSA) is 113 Å². The van der Waals surface area contributed by atoms with Crippen molar-refractivity contribution >= 4 is 34.4 Å². The van der Waals surface area contributed by atoms with Crippen LogP contribution in [0, 0.1) is 6.92 Å². The van der Waals surface area contributed by atoms with E-state index in [4.69, 9.17) is 19.6 Å². The highest BCUT2D eigenvalue weighted by atomic mass is 19.4. The van der Waals surface area contributed by atoms with E-state index in [1.165, 1.54) is 10.9 Å². The molecule has 8 nitrogen and oxygen atoms in total. The molecule has 11 heteroatoms. The smallest absolute Gasteiger partial charge is 0.490 e. The van der Waals surface area contributed by atoms with Gasteiger partial charge in [-0.3, -0.25) is 0 Å². The Morgan fingerprint density at radius 2 is 1.65 bits per heavy atom. The van der Waals surface area contributed by atoms with Gasteiger partial charge in [-0.15, -0.1) is 0 Å². The maximum Gasteiger partial charge on any atom is 0.490 e. The number of anilines is 2. The SMILES string of the molecule is COc1cccc(NC(=O)NC2CCC(Nc3cc(C)c4ccccc4n3)CC2)c1.O=C(O)C(F)(F)F. The number of benzene rings is 2. The molecular weight excluding hydrogens is 489 g/mol. The van der Waals surface area contributed by atoms with Gasteiger partial charge in [-0.1, -0.05) is 24.3 Å². The number of pyridine rings is 1. The Balaban J connectivity index is 0.000000479. The lowest BCUT2D eigenvalue weighted by Gasteiger charge is -2.30. The zero-order valence-electron chi connectivity index (χ0n) is 20.4. The molecule has 0 bridgehead atoms.